The number of unbranched alkanes of at least 4 members (excludes halogenated alkanes) is 3. The van der Waals surface area contributed by atoms with Gasteiger partial charge in [0.1, 0.15) is 17.6 Å². The van der Waals surface area contributed by atoms with Crippen molar-refractivity contribution in [2.45, 2.75) is 78.1 Å². The van der Waals surface area contributed by atoms with Gasteiger partial charge in [0.25, 0.3) is 5.91 Å². The number of alkyl halides is 3. The van der Waals surface area contributed by atoms with Gasteiger partial charge in [-0.05, 0) is 90.9 Å². The molecule has 3 N–H and O–H groups in total. The summed E-state index contributed by atoms with van der Waals surface area (Å²) in [5.74, 6) is 0.123. The maximum atomic E-state index is 12.5. The quantitative estimate of drug-likeness (QED) is 0.138. The van der Waals surface area contributed by atoms with Gasteiger partial charge in [-0.25, -0.2) is 0 Å². The molecule has 1 unspecified atom stereocenters. The fourth-order valence-corrected chi connectivity index (χ4v) is 4.75. The zero-order valence-corrected chi connectivity index (χ0v) is 23.6. The first-order valence-electron chi connectivity index (χ1n) is 13.8. The lowest BCUT2D eigenvalue weighted by atomic mass is 9.95. The number of hydrogen-bond donors (Lipinski definition) is 3. The fraction of sp³-hybridized carbons (Fsp3) is 0.406. The molecule has 0 radical (unpaired) electrons. The average molecular weight is 574 g/mol. The number of benzene rings is 3. The van der Waals surface area contributed by atoms with E-state index in [2.05, 4.69) is 17.0 Å². The highest BCUT2D eigenvalue weighted by Gasteiger charge is 2.31. The zero-order valence-electron chi connectivity index (χ0n) is 23.6. The second-order valence-electron chi connectivity index (χ2n) is 10.1. The Hall–Kier alpha value is -3.56. The molecule has 6 nitrogen and oxygen atoms in total. The number of rotatable bonds is 14. The lowest BCUT2D eigenvalue weighted by Crippen LogP contribution is -2.27. The molecule has 1 amide bonds. The maximum absolute atomic E-state index is 12.5. The van der Waals surface area contributed by atoms with E-state index >= 15 is 0 Å². The van der Waals surface area contributed by atoms with Gasteiger partial charge >= 0.3 is 6.36 Å². The molecule has 3 rings (SSSR count). The van der Waals surface area contributed by atoms with E-state index in [0.717, 1.165) is 59.9 Å². The van der Waals surface area contributed by atoms with E-state index in [0.29, 0.717) is 11.3 Å². The Labute approximate surface area is 239 Å². The Kier molecular flexibility index (Phi) is 11.6. The van der Waals surface area contributed by atoms with Crippen LogP contribution in [0.2, 0.25) is 0 Å². The average Bonchev–Trinajstić information content (AvgIpc) is 2.90. The minimum Gasteiger partial charge on any atom is -0.486 e. The van der Waals surface area contributed by atoms with Crippen molar-refractivity contribution < 1.29 is 37.7 Å². The van der Waals surface area contributed by atoms with Crippen LogP contribution in [-0.4, -0.2) is 35.3 Å². The number of carbonyl (C=O) groups excluding carboxylic acids is 1. The van der Waals surface area contributed by atoms with Gasteiger partial charge in [0.05, 0.1) is 0 Å². The molecular formula is C32H38F3NO5. The highest BCUT2D eigenvalue weighted by molar-refractivity contribution is 5.94. The first-order valence-corrected chi connectivity index (χ1v) is 13.8. The number of nitrogens with one attached hydrogen (secondary N) is 1. The standard InChI is InChI=1S/C32H38F3NO5/c1-4-5-6-7-8-28(23-9-11-25(12-10-23)31(39)36-18-17-29(37)38)40-27-19-21(2)30(22(3)20-27)24-13-15-26(16-14-24)41-32(33,34)35/h9-16,19-20,28-29,37-38H,4-8,17-18H2,1-3H3,(H,36,39). The third-order valence-electron chi connectivity index (χ3n) is 6.71. The second-order valence-corrected chi connectivity index (χ2v) is 10.1. The van der Waals surface area contributed by atoms with Gasteiger partial charge in [-0.3, -0.25) is 4.79 Å². The Balaban J connectivity index is 1.78. The predicted molar refractivity (Wildman–Crippen MR) is 152 cm³/mol. The van der Waals surface area contributed by atoms with E-state index in [-0.39, 0.29) is 30.7 Å². The van der Waals surface area contributed by atoms with Gasteiger partial charge in [0.2, 0.25) is 0 Å². The third-order valence-corrected chi connectivity index (χ3v) is 6.71. The molecule has 3 aromatic rings. The van der Waals surface area contributed by atoms with Gasteiger partial charge in [-0.2, -0.15) is 0 Å². The summed E-state index contributed by atoms with van der Waals surface area (Å²) >= 11 is 0. The molecule has 0 aliphatic heterocycles. The molecule has 0 fully saturated rings. The fourth-order valence-electron chi connectivity index (χ4n) is 4.75. The van der Waals surface area contributed by atoms with Crippen molar-refractivity contribution in [1.29, 1.82) is 0 Å². The molecule has 0 saturated heterocycles. The van der Waals surface area contributed by atoms with Crippen LogP contribution in [0.1, 0.15) is 78.6 Å². The van der Waals surface area contributed by atoms with Crippen molar-refractivity contribution in [3.8, 4) is 22.6 Å². The predicted octanol–water partition coefficient (Wildman–Crippen LogP) is 7.39. The van der Waals surface area contributed by atoms with Gasteiger partial charge in [0, 0.05) is 18.5 Å². The maximum Gasteiger partial charge on any atom is 0.573 e. The summed E-state index contributed by atoms with van der Waals surface area (Å²) in [5.41, 5.74) is 4.94. The van der Waals surface area contributed by atoms with Gasteiger partial charge in [0.15, 0.2) is 6.29 Å². The van der Waals surface area contributed by atoms with E-state index in [9.17, 15) is 18.0 Å². The molecule has 0 heterocycles. The first-order chi connectivity index (χ1) is 19.5. The van der Waals surface area contributed by atoms with Crippen molar-refractivity contribution in [2.75, 3.05) is 6.54 Å². The highest BCUT2D eigenvalue weighted by atomic mass is 19.4. The number of hydrogen-bond acceptors (Lipinski definition) is 5. The normalized spacial score (nSPS) is 12.3. The lowest BCUT2D eigenvalue weighted by molar-refractivity contribution is -0.274. The lowest BCUT2D eigenvalue weighted by Gasteiger charge is -2.22. The number of aryl methyl sites for hydroxylation is 2. The molecule has 1 atom stereocenters. The summed E-state index contributed by atoms with van der Waals surface area (Å²) in [4.78, 5) is 12.4. The Bertz CT molecular complexity index is 1230. The molecule has 0 saturated carbocycles. The largest absolute Gasteiger partial charge is 0.573 e. The van der Waals surface area contributed by atoms with Crippen LogP contribution < -0.4 is 14.8 Å². The van der Waals surface area contributed by atoms with Crippen LogP contribution in [0, 0.1) is 13.8 Å². The summed E-state index contributed by atoms with van der Waals surface area (Å²) < 4.78 is 48.1. The van der Waals surface area contributed by atoms with Crippen LogP contribution in [0.15, 0.2) is 60.7 Å². The molecule has 3 aromatic carbocycles. The van der Waals surface area contributed by atoms with Crippen LogP contribution in [0.4, 0.5) is 13.2 Å². The van der Waals surface area contributed by atoms with E-state index in [1.165, 1.54) is 12.1 Å². The van der Waals surface area contributed by atoms with E-state index in [4.69, 9.17) is 14.9 Å². The molecule has 41 heavy (non-hydrogen) atoms. The van der Waals surface area contributed by atoms with Crippen molar-refractivity contribution in [2.24, 2.45) is 0 Å². The molecule has 0 aliphatic rings. The Morgan fingerprint density at radius 3 is 2.07 bits per heavy atom. The van der Waals surface area contributed by atoms with Crippen LogP contribution in [0.25, 0.3) is 11.1 Å². The van der Waals surface area contributed by atoms with Crippen molar-refractivity contribution in [3.63, 3.8) is 0 Å². The number of ether oxygens (including phenoxy) is 2. The third kappa shape index (κ3) is 10.1. The Morgan fingerprint density at radius 1 is 0.878 bits per heavy atom. The van der Waals surface area contributed by atoms with Gasteiger partial charge in [-0.1, -0.05) is 50.5 Å². The minimum atomic E-state index is -4.74. The monoisotopic (exact) mass is 573 g/mol. The summed E-state index contributed by atoms with van der Waals surface area (Å²) in [7, 11) is 0. The zero-order chi connectivity index (χ0) is 30.0. The van der Waals surface area contributed by atoms with Crippen LogP contribution in [-0.2, 0) is 0 Å². The number of aliphatic hydroxyl groups is 2. The number of halogens is 3. The minimum absolute atomic E-state index is 0.0485. The molecule has 0 aliphatic carbocycles. The number of aliphatic hydroxyl groups excluding tert-OH is 1. The van der Waals surface area contributed by atoms with Crippen LogP contribution >= 0.6 is 0 Å². The number of carbonyl (C=O) groups is 1. The van der Waals surface area contributed by atoms with E-state index in [1.807, 2.05) is 38.1 Å². The highest BCUT2D eigenvalue weighted by Crippen LogP contribution is 2.35. The second kappa shape index (κ2) is 14.9. The smallest absolute Gasteiger partial charge is 0.486 e. The van der Waals surface area contributed by atoms with E-state index < -0.39 is 12.7 Å². The summed E-state index contributed by atoms with van der Waals surface area (Å²) in [6.45, 7) is 6.19. The molecule has 0 aromatic heterocycles. The van der Waals surface area contributed by atoms with Crippen molar-refractivity contribution in [1.82, 2.24) is 5.32 Å². The molecule has 222 valence electrons. The van der Waals surface area contributed by atoms with Gasteiger partial charge in [-0.15, -0.1) is 13.2 Å². The summed E-state index contributed by atoms with van der Waals surface area (Å²) in [6, 6.07) is 16.9. The number of amides is 1. The molecule has 9 heteroatoms. The van der Waals surface area contributed by atoms with E-state index in [1.54, 1.807) is 24.3 Å². The van der Waals surface area contributed by atoms with Gasteiger partial charge < -0.3 is 25.0 Å². The van der Waals surface area contributed by atoms with Crippen molar-refractivity contribution in [3.05, 3.63) is 82.9 Å². The first kappa shape index (κ1) is 32.0. The Morgan fingerprint density at radius 2 is 1.51 bits per heavy atom. The summed E-state index contributed by atoms with van der Waals surface area (Å²) in [6.07, 6.45) is -1.30. The molecule has 0 bridgehead atoms. The molecular weight excluding hydrogens is 535 g/mol. The SMILES string of the molecule is CCCCCCC(Oc1cc(C)c(-c2ccc(OC(F)(F)F)cc2)c(C)c1)c1ccc(C(=O)NCCC(O)O)cc1. The topological polar surface area (TPSA) is 88.0 Å². The summed E-state index contributed by atoms with van der Waals surface area (Å²) in [5, 5.41) is 20.6. The molecule has 0 spiro atoms. The van der Waals surface area contributed by atoms with Crippen LogP contribution in [0.5, 0.6) is 11.5 Å². The van der Waals surface area contributed by atoms with Crippen LogP contribution in [0.3, 0.4) is 0 Å². The van der Waals surface area contributed by atoms with Crippen molar-refractivity contribution >= 4 is 5.91 Å².